The molecule has 0 spiro atoms. The summed E-state index contributed by atoms with van der Waals surface area (Å²) in [4.78, 5) is 12.3. The average Bonchev–Trinajstić information content (AvgIpc) is 2.87. The van der Waals surface area contributed by atoms with Crippen LogP contribution in [0.2, 0.25) is 0 Å². The van der Waals surface area contributed by atoms with Crippen molar-refractivity contribution >= 4 is 11.7 Å². The van der Waals surface area contributed by atoms with Gasteiger partial charge in [0, 0.05) is 43.0 Å². The second kappa shape index (κ2) is 7.02. The van der Waals surface area contributed by atoms with Gasteiger partial charge in [0.05, 0.1) is 5.69 Å². The van der Waals surface area contributed by atoms with Gasteiger partial charge >= 0.3 is 11.8 Å². The maximum atomic E-state index is 13.7. The number of carbonyl (C=O) groups excluding carboxylic acids is 1. The SMILES string of the molecule is Cn1nc(NC(=O)C[C@H]2CC(F)(F)C2(F)F)c(C2CCC2)c1-c1cc(F)cc(F)c1. The highest BCUT2D eigenvalue weighted by molar-refractivity contribution is 5.92. The van der Waals surface area contributed by atoms with Crippen molar-refractivity contribution in [1.29, 1.82) is 0 Å². The molecule has 1 aromatic carbocycles. The Labute approximate surface area is 168 Å². The van der Waals surface area contributed by atoms with Crippen molar-refractivity contribution < 1.29 is 31.1 Å². The van der Waals surface area contributed by atoms with Gasteiger partial charge in [-0.1, -0.05) is 6.42 Å². The van der Waals surface area contributed by atoms with Gasteiger partial charge in [-0.2, -0.15) is 22.7 Å². The fourth-order valence-corrected chi connectivity index (χ4v) is 4.10. The van der Waals surface area contributed by atoms with Crippen molar-refractivity contribution in [3.63, 3.8) is 0 Å². The van der Waals surface area contributed by atoms with Crippen LogP contribution in [0.15, 0.2) is 18.2 Å². The van der Waals surface area contributed by atoms with Gasteiger partial charge in [0.2, 0.25) is 5.91 Å². The number of rotatable bonds is 5. The van der Waals surface area contributed by atoms with E-state index in [1.165, 1.54) is 11.7 Å². The van der Waals surface area contributed by atoms with Crippen molar-refractivity contribution in [2.24, 2.45) is 13.0 Å². The number of carbonyl (C=O) groups is 1. The average molecular weight is 431 g/mol. The smallest absolute Gasteiger partial charge is 0.309 e. The Morgan fingerprint density at radius 3 is 2.30 bits per heavy atom. The molecule has 0 aliphatic heterocycles. The molecule has 2 saturated carbocycles. The summed E-state index contributed by atoms with van der Waals surface area (Å²) in [5.74, 6) is -12.4. The summed E-state index contributed by atoms with van der Waals surface area (Å²) in [5, 5.41) is 6.66. The third-order valence-corrected chi connectivity index (χ3v) is 5.93. The summed E-state index contributed by atoms with van der Waals surface area (Å²) in [7, 11) is 1.54. The largest absolute Gasteiger partial charge is 0.313 e. The molecule has 1 aromatic heterocycles. The molecule has 2 aliphatic rings. The van der Waals surface area contributed by atoms with Crippen LogP contribution in [0.25, 0.3) is 11.3 Å². The highest BCUT2D eigenvalue weighted by Gasteiger charge is 2.71. The van der Waals surface area contributed by atoms with E-state index in [-0.39, 0.29) is 17.3 Å². The zero-order chi connectivity index (χ0) is 21.8. The molecule has 2 aliphatic carbocycles. The van der Waals surface area contributed by atoms with E-state index in [2.05, 4.69) is 10.4 Å². The Kier molecular flexibility index (Phi) is 4.85. The number of alkyl halides is 4. The van der Waals surface area contributed by atoms with Gasteiger partial charge in [-0.15, -0.1) is 0 Å². The maximum Gasteiger partial charge on any atom is 0.313 e. The van der Waals surface area contributed by atoms with E-state index in [1.54, 1.807) is 0 Å². The molecule has 0 bridgehead atoms. The molecular formula is C20H19F6N3O. The second-order valence-corrected chi connectivity index (χ2v) is 8.00. The Hall–Kier alpha value is -2.52. The van der Waals surface area contributed by atoms with Gasteiger partial charge in [-0.05, 0) is 30.9 Å². The van der Waals surface area contributed by atoms with Gasteiger partial charge in [0.15, 0.2) is 5.82 Å². The minimum absolute atomic E-state index is 0.0233. The lowest BCUT2D eigenvalue weighted by Gasteiger charge is -2.43. The molecule has 4 rings (SSSR count). The molecule has 1 amide bonds. The van der Waals surface area contributed by atoms with Crippen molar-refractivity contribution in [3.05, 3.63) is 35.4 Å². The lowest BCUT2D eigenvalue weighted by Crippen LogP contribution is -2.59. The standard InChI is InChI=1S/C20H19F6N3O/c1-29-17(11-5-13(21)8-14(22)6-11)16(10-3-2-4-10)18(28-29)27-15(30)7-12-9-19(23,24)20(12,25)26/h5-6,8,10,12H,2-4,7,9H2,1H3,(H,27,28,30)/t12-/m0/s1. The molecule has 2 fully saturated rings. The number of nitrogens with zero attached hydrogens (tertiary/aromatic N) is 2. The normalized spacial score (nSPS) is 22.3. The first-order valence-electron chi connectivity index (χ1n) is 9.58. The molecule has 1 N–H and O–H groups in total. The topological polar surface area (TPSA) is 46.9 Å². The van der Waals surface area contributed by atoms with E-state index in [4.69, 9.17) is 0 Å². The summed E-state index contributed by atoms with van der Waals surface area (Å²) in [6, 6.07) is 3.02. The summed E-state index contributed by atoms with van der Waals surface area (Å²) < 4.78 is 81.9. The number of halogens is 6. The monoisotopic (exact) mass is 431 g/mol. The van der Waals surface area contributed by atoms with Crippen LogP contribution in [0.4, 0.5) is 32.2 Å². The summed E-state index contributed by atoms with van der Waals surface area (Å²) in [5.41, 5.74) is 1.21. The third-order valence-electron chi connectivity index (χ3n) is 5.93. The van der Waals surface area contributed by atoms with Crippen LogP contribution in [-0.2, 0) is 11.8 Å². The van der Waals surface area contributed by atoms with Crippen molar-refractivity contribution in [2.75, 3.05) is 5.32 Å². The molecule has 2 aromatic rings. The number of aromatic nitrogens is 2. The minimum Gasteiger partial charge on any atom is -0.309 e. The molecule has 0 saturated heterocycles. The highest BCUT2D eigenvalue weighted by atomic mass is 19.3. The van der Waals surface area contributed by atoms with E-state index >= 15 is 0 Å². The van der Waals surface area contributed by atoms with Crippen molar-refractivity contribution in [2.45, 2.75) is 49.9 Å². The van der Waals surface area contributed by atoms with Gasteiger partial charge in [-0.3, -0.25) is 9.48 Å². The van der Waals surface area contributed by atoms with Crippen LogP contribution in [0.1, 0.15) is 43.6 Å². The molecule has 162 valence electrons. The lowest BCUT2D eigenvalue weighted by atomic mass is 9.74. The molecule has 30 heavy (non-hydrogen) atoms. The van der Waals surface area contributed by atoms with Crippen LogP contribution < -0.4 is 5.32 Å². The Morgan fingerprint density at radius 1 is 1.17 bits per heavy atom. The van der Waals surface area contributed by atoms with Crippen LogP contribution in [0, 0.1) is 17.6 Å². The third kappa shape index (κ3) is 3.35. The van der Waals surface area contributed by atoms with Crippen LogP contribution in [0.5, 0.6) is 0 Å². The van der Waals surface area contributed by atoms with E-state index in [1.807, 2.05) is 0 Å². The molecular weight excluding hydrogens is 412 g/mol. The Morgan fingerprint density at radius 2 is 1.80 bits per heavy atom. The number of benzene rings is 1. The molecule has 4 nitrogen and oxygen atoms in total. The van der Waals surface area contributed by atoms with Crippen molar-refractivity contribution in [3.8, 4) is 11.3 Å². The van der Waals surface area contributed by atoms with E-state index in [9.17, 15) is 31.1 Å². The first kappa shape index (κ1) is 20.7. The van der Waals surface area contributed by atoms with Gasteiger partial charge < -0.3 is 5.32 Å². The highest BCUT2D eigenvalue weighted by Crippen LogP contribution is 2.56. The molecule has 0 radical (unpaired) electrons. The number of nitrogens with one attached hydrogen (secondary N) is 1. The van der Waals surface area contributed by atoms with E-state index in [0.29, 0.717) is 11.3 Å². The van der Waals surface area contributed by atoms with Crippen LogP contribution >= 0.6 is 0 Å². The molecule has 1 atom stereocenters. The molecule has 0 unspecified atom stereocenters. The number of anilines is 1. The summed E-state index contributed by atoms with van der Waals surface area (Å²) in [6.45, 7) is 0. The molecule has 1 heterocycles. The fraction of sp³-hybridized carbons (Fsp3) is 0.500. The lowest BCUT2D eigenvalue weighted by molar-refractivity contribution is -0.313. The quantitative estimate of drug-likeness (QED) is 0.658. The minimum atomic E-state index is -4.23. The van der Waals surface area contributed by atoms with Gasteiger partial charge in [0.25, 0.3) is 0 Å². The second-order valence-electron chi connectivity index (χ2n) is 8.00. The number of hydrogen-bond acceptors (Lipinski definition) is 2. The number of amides is 1. The van der Waals surface area contributed by atoms with Crippen LogP contribution in [-0.4, -0.2) is 27.5 Å². The predicted molar refractivity (Wildman–Crippen MR) is 96.4 cm³/mol. The van der Waals surface area contributed by atoms with Gasteiger partial charge in [0.1, 0.15) is 11.6 Å². The Bertz CT molecular complexity index is 978. The maximum absolute atomic E-state index is 13.7. The first-order chi connectivity index (χ1) is 14.0. The number of aryl methyl sites for hydroxylation is 1. The summed E-state index contributed by atoms with van der Waals surface area (Å²) >= 11 is 0. The first-order valence-corrected chi connectivity index (χ1v) is 9.58. The zero-order valence-electron chi connectivity index (χ0n) is 16.0. The number of hydrogen-bond donors (Lipinski definition) is 1. The predicted octanol–water partition coefficient (Wildman–Crippen LogP) is 5.25. The zero-order valence-corrected chi connectivity index (χ0v) is 16.0. The fourth-order valence-electron chi connectivity index (χ4n) is 4.10. The summed E-state index contributed by atoms with van der Waals surface area (Å²) in [6.07, 6.45) is 0.637. The van der Waals surface area contributed by atoms with E-state index in [0.717, 1.165) is 37.5 Å². The Balaban J connectivity index is 1.62. The molecule has 10 heteroatoms. The van der Waals surface area contributed by atoms with Crippen molar-refractivity contribution in [1.82, 2.24) is 9.78 Å². The van der Waals surface area contributed by atoms with E-state index < -0.39 is 48.1 Å². The van der Waals surface area contributed by atoms with Crippen LogP contribution in [0.3, 0.4) is 0 Å². The van der Waals surface area contributed by atoms with Gasteiger partial charge in [-0.25, -0.2) is 8.78 Å².